The first kappa shape index (κ1) is 23.5. The minimum Gasteiger partial charge on any atom is -0.548 e. The van der Waals surface area contributed by atoms with Crippen molar-refractivity contribution >= 4 is 23.4 Å². The van der Waals surface area contributed by atoms with Crippen LogP contribution in [0.1, 0.15) is 17.0 Å². The summed E-state index contributed by atoms with van der Waals surface area (Å²) < 4.78 is 1.79. The summed E-state index contributed by atoms with van der Waals surface area (Å²) in [5.41, 5.74) is 2.64. The number of nitro groups is 1. The maximum atomic E-state index is 12.7. The Morgan fingerprint density at radius 2 is 1.81 bits per heavy atom. The first-order valence-electron chi connectivity index (χ1n) is 9.52. The van der Waals surface area contributed by atoms with Gasteiger partial charge in [-0.05, 0) is 17.7 Å². The molecule has 1 aliphatic heterocycles. The number of carboxylic acid groups (broad SMARTS) is 1. The number of aromatic nitrogens is 2. The number of imidazole rings is 1. The van der Waals surface area contributed by atoms with Crippen LogP contribution in [0, 0.1) is 10.1 Å². The monoisotopic (exact) mass is 443 g/mol. The second-order valence-corrected chi connectivity index (χ2v) is 7.15. The number of benzene rings is 2. The summed E-state index contributed by atoms with van der Waals surface area (Å²) >= 11 is 0. The molecule has 0 radical (unpaired) electrons. The van der Waals surface area contributed by atoms with Gasteiger partial charge in [0.05, 0.1) is 35.5 Å². The van der Waals surface area contributed by atoms with Gasteiger partial charge in [-0.3, -0.25) is 10.1 Å². The van der Waals surface area contributed by atoms with Crippen LogP contribution in [-0.4, -0.2) is 37.4 Å². The van der Waals surface area contributed by atoms with Crippen molar-refractivity contribution < 1.29 is 49.2 Å². The van der Waals surface area contributed by atoms with Crippen LogP contribution in [0.5, 0.6) is 0 Å². The van der Waals surface area contributed by atoms with E-state index in [0.717, 1.165) is 5.56 Å². The molecule has 158 valence electrons. The maximum absolute atomic E-state index is 12.7. The van der Waals surface area contributed by atoms with Crippen molar-refractivity contribution in [2.45, 2.75) is 25.6 Å². The van der Waals surface area contributed by atoms with Crippen molar-refractivity contribution in [3.63, 3.8) is 0 Å². The number of aliphatic carboxylic acids is 1. The number of para-hydroxylation sites is 1. The molecular formula is C21H18N5NaO5. The molecule has 0 saturated heterocycles. The van der Waals surface area contributed by atoms with Crippen molar-refractivity contribution in [1.82, 2.24) is 14.5 Å². The zero-order valence-corrected chi connectivity index (χ0v) is 19.3. The molecular weight excluding hydrogens is 425 g/mol. The number of nitrogens with one attached hydrogen (secondary N) is 1. The van der Waals surface area contributed by atoms with E-state index < -0.39 is 23.0 Å². The predicted octanol–water partition coefficient (Wildman–Crippen LogP) is -1.45. The van der Waals surface area contributed by atoms with Crippen LogP contribution in [0.25, 0.3) is 0 Å². The number of carbonyl (C=O) groups excluding carboxylic acids is 2. The van der Waals surface area contributed by atoms with Crippen molar-refractivity contribution in [3.8, 4) is 0 Å². The SMILES string of the molecule is O=C([O-])C1Cc2c(ncn2Cc2ccc([N+](=O)[O-])cc2)CN1C(=O)Nc1ccccc1.[Na+]. The topological polar surface area (TPSA) is 133 Å². The van der Waals surface area contributed by atoms with E-state index in [-0.39, 0.29) is 48.2 Å². The molecule has 0 fully saturated rings. The molecule has 2 heterocycles. The first-order valence-corrected chi connectivity index (χ1v) is 9.52. The second-order valence-electron chi connectivity index (χ2n) is 7.15. The molecule has 0 aliphatic carbocycles. The number of fused-ring (bicyclic) bond motifs is 1. The number of nitrogens with zero attached hydrogens (tertiary/aromatic N) is 4. The van der Waals surface area contributed by atoms with E-state index in [1.807, 2.05) is 6.07 Å². The quantitative estimate of drug-likeness (QED) is 0.292. The third-order valence-electron chi connectivity index (χ3n) is 5.17. The van der Waals surface area contributed by atoms with Crippen LogP contribution in [0.2, 0.25) is 0 Å². The summed E-state index contributed by atoms with van der Waals surface area (Å²) in [6.07, 6.45) is 1.63. The number of amides is 2. The third kappa shape index (κ3) is 4.98. The van der Waals surface area contributed by atoms with Gasteiger partial charge in [0.15, 0.2) is 0 Å². The summed E-state index contributed by atoms with van der Waals surface area (Å²) in [7, 11) is 0. The van der Waals surface area contributed by atoms with Crippen LogP contribution in [0.15, 0.2) is 60.9 Å². The van der Waals surface area contributed by atoms with Gasteiger partial charge in [0.2, 0.25) is 0 Å². The van der Waals surface area contributed by atoms with E-state index in [9.17, 15) is 24.8 Å². The number of non-ortho nitro benzene ring substituents is 1. The molecule has 11 heteroatoms. The van der Waals surface area contributed by atoms with Gasteiger partial charge >= 0.3 is 35.6 Å². The van der Waals surface area contributed by atoms with Crippen molar-refractivity contribution in [2.75, 3.05) is 5.32 Å². The largest absolute Gasteiger partial charge is 1.00 e. The molecule has 1 atom stereocenters. The molecule has 0 spiro atoms. The van der Waals surface area contributed by atoms with Crippen LogP contribution < -0.4 is 40.0 Å². The fraction of sp³-hybridized carbons (Fsp3) is 0.190. The van der Waals surface area contributed by atoms with Crippen LogP contribution >= 0.6 is 0 Å². The Kier molecular flexibility index (Phi) is 7.29. The minimum atomic E-state index is -1.35. The Morgan fingerprint density at radius 3 is 2.44 bits per heavy atom. The van der Waals surface area contributed by atoms with Gasteiger partial charge < -0.3 is 24.7 Å². The molecule has 1 aliphatic rings. The first-order chi connectivity index (χ1) is 14.9. The van der Waals surface area contributed by atoms with Gasteiger partial charge in [-0.1, -0.05) is 30.3 Å². The Hall–Kier alpha value is -3.21. The number of rotatable bonds is 5. The molecule has 0 bridgehead atoms. The fourth-order valence-corrected chi connectivity index (χ4v) is 3.58. The number of hydrogen-bond donors (Lipinski definition) is 1. The van der Waals surface area contributed by atoms with Crippen LogP contribution in [-0.2, 0) is 24.3 Å². The number of carboxylic acids is 1. The van der Waals surface area contributed by atoms with E-state index >= 15 is 0 Å². The number of carbonyl (C=O) groups is 2. The average Bonchev–Trinajstić information content (AvgIpc) is 3.15. The van der Waals surface area contributed by atoms with Gasteiger partial charge in [0.1, 0.15) is 0 Å². The maximum Gasteiger partial charge on any atom is 1.00 e. The Bertz CT molecular complexity index is 1130. The Morgan fingerprint density at radius 1 is 1.12 bits per heavy atom. The van der Waals surface area contributed by atoms with Gasteiger partial charge in [-0.15, -0.1) is 0 Å². The zero-order chi connectivity index (χ0) is 22.0. The summed E-state index contributed by atoms with van der Waals surface area (Å²) in [6.45, 7) is 0.399. The summed E-state index contributed by atoms with van der Waals surface area (Å²) in [5.74, 6) is -1.35. The van der Waals surface area contributed by atoms with Crippen LogP contribution in [0.4, 0.5) is 16.2 Å². The number of hydrogen-bond acceptors (Lipinski definition) is 6. The molecule has 1 aromatic heterocycles. The predicted molar refractivity (Wildman–Crippen MR) is 108 cm³/mol. The second kappa shape index (κ2) is 9.94. The van der Waals surface area contributed by atoms with E-state index in [1.165, 1.54) is 17.0 Å². The van der Waals surface area contributed by atoms with Gasteiger partial charge in [0.25, 0.3) is 5.69 Å². The van der Waals surface area contributed by atoms with E-state index in [2.05, 4.69) is 10.3 Å². The van der Waals surface area contributed by atoms with E-state index in [0.29, 0.717) is 23.6 Å². The molecule has 1 unspecified atom stereocenters. The minimum absolute atomic E-state index is 0. The summed E-state index contributed by atoms with van der Waals surface area (Å²) in [5, 5.41) is 25.3. The molecule has 4 rings (SSSR count). The fourth-order valence-electron chi connectivity index (χ4n) is 3.58. The summed E-state index contributed by atoms with van der Waals surface area (Å²) in [6, 6.07) is 13.2. The summed E-state index contributed by atoms with van der Waals surface area (Å²) in [4.78, 5) is 40.4. The van der Waals surface area contributed by atoms with Crippen molar-refractivity contribution in [3.05, 3.63) is 88.0 Å². The Labute approximate surface area is 205 Å². The van der Waals surface area contributed by atoms with Crippen molar-refractivity contribution in [2.24, 2.45) is 0 Å². The molecule has 0 saturated carbocycles. The third-order valence-corrected chi connectivity index (χ3v) is 5.17. The van der Waals surface area contributed by atoms with E-state index in [1.54, 1.807) is 47.3 Å². The van der Waals surface area contributed by atoms with E-state index in [4.69, 9.17) is 0 Å². The smallest absolute Gasteiger partial charge is 0.548 e. The number of anilines is 1. The zero-order valence-electron chi connectivity index (χ0n) is 17.3. The number of urea groups is 1. The average molecular weight is 443 g/mol. The number of nitro benzene ring substituents is 1. The van der Waals surface area contributed by atoms with Gasteiger partial charge in [-0.25, -0.2) is 9.78 Å². The van der Waals surface area contributed by atoms with Gasteiger partial charge in [0, 0.05) is 36.5 Å². The van der Waals surface area contributed by atoms with Crippen molar-refractivity contribution in [1.29, 1.82) is 0 Å². The van der Waals surface area contributed by atoms with Crippen LogP contribution in [0.3, 0.4) is 0 Å². The molecule has 32 heavy (non-hydrogen) atoms. The Balaban J connectivity index is 0.00000289. The normalized spacial score (nSPS) is 14.8. The molecule has 3 aromatic rings. The van der Waals surface area contributed by atoms with Gasteiger partial charge in [-0.2, -0.15) is 0 Å². The molecule has 2 amide bonds. The molecule has 10 nitrogen and oxygen atoms in total. The molecule has 2 aromatic carbocycles. The standard InChI is InChI=1S/C21H19N5O5.Na/c27-20(28)19-10-18-17(12-25(19)21(29)23-15-4-2-1-3-5-15)22-13-24(18)11-14-6-8-16(9-7-14)26(30)31;/h1-9,13,19H,10-12H2,(H,23,29)(H,27,28);/q;+1/p-1. The molecule has 1 N–H and O–H groups in total.